The zero-order valence-corrected chi connectivity index (χ0v) is 10.8. The van der Waals surface area contributed by atoms with Gasteiger partial charge in [-0.3, -0.25) is 9.59 Å². The summed E-state index contributed by atoms with van der Waals surface area (Å²) in [6.45, 7) is 6.55. The quantitative estimate of drug-likeness (QED) is 0.622. The minimum absolute atomic E-state index is 0.0637. The second-order valence-corrected chi connectivity index (χ2v) is 4.53. The maximum Gasteiger partial charge on any atom is 0.239 e. The van der Waals surface area contributed by atoms with Gasteiger partial charge in [0.1, 0.15) is 0 Å². The van der Waals surface area contributed by atoms with Crippen molar-refractivity contribution in [3.05, 3.63) is 0 Å². The summed E-state index contributed by atoms with van der Waals surface area (Å²) in [7, 11) is 0. The molecule has 1 rings (SSSR count). The molecule has 98 valence electrons. The fourth-order valence-corrected chi connectivity index (χ4v) is 1.77. The van der Waals surface area contributed by atoms with Gasteiger partial charge >= 0.3 is 0 Å². The molecule has 2 N–H and O–H groups in total. The maximum absolute atomic E-state index is 11.5. The maximum atomic E-state index is 11.5. The summed E-state index contributed by atoms with van der Waals surface area (Å²) in [6.07, 6.45) is 2.54. The van der Waals surface area contributed by atoms with Crippen LogP contribution < -0.4 is 10.6 Å². The van der Waals surface area contributed by atoms with Gasteiger partial charge in [0.2, 0.25) is 11.8 Å². The van der Waals surface area contributed by atoms with Gasteiger partial charge in [0.05, 0.1) is 6.54 Å². The molecule has 0 radical (unpaired) electrons. The van der Waals surface area contributed by atoms with Crippen molar-refractivity contribution < 1.29 is 9.59 Å². The highest BCUT2D eigenvalue weighted by atomic mass is 16.2. The first kappa shape index (κ1) is 14.0. The lowest BCUT2D eigenvalue weighted by Gasteiger charge is -2.15. The Bertz CT molecular complexity index is 268. The summed E-state index contributed by atoms with van der Waals surface area (Å²) in [5.74, 6) is 0.0316. The lowest BCUT2D eigenvalue weighted by Crippen LogP contribution is -2.41. The van der Waals surface area contributed by atoms with Crippen LogP contribution in [0.15, 0.2) is 0 Å². The first-order valence-electron chi connectivity index (χ1n) is 6.41. The van der Waals surface area contributed by atoms with E-state index in [2.05, 4.69) is 24.5 Å². The second kappa shape index (κ2) is 7.27. The van der Waals surface area contributed by atoms with E-state index in [0.717, 1.165) is 25.9 Å². The molecule has 17 heavy (non-hydrogen) atoms. The molecule has 0 aromatic heterocycles. The fraction of sp³-hybridized carbons (Fsp3) is 0.833. The van der Waals surface area contributed by atoms with Gasteiger partial charge in [-0.05, 0) is 19.8 Å². The normalized spacial score (nSPS) is 17.3. The topological polar surface area (TPSA) is 61.4 Å². The van der Waals surface area contributed by atoms with Crippen molar-refractivity contribution in [2.75, 3.05) is 26.2 Å². The van der Waals surface area contributed by atoms with Gasteiger partial charge in [0, 0.05) is 32.1 Å². The minimum Gasteiger partial charge on any atom is -0.353 e. The van der Waals surface area contributed by atoms with Crippen LogP contribution in [0.4, 0.5) is 0 Å². The van der Waals surface area contributed by atoms with Crippen molar-refractivity contribution in [2.24, 2.45) is 0 Å². The van der Waals surface area contributed by atoms with Crippen LogP contribution in [0.2, 0.25) is 0 Å². The van der Waals surface area contributed by atoms with Crippen LogP contribution in [0.1, 0.15) is 33.1 Å². The van der Waals surface area contributed by atoms with Crippen LogP contribution in [0.3, 0.4) is 0 Å². The molecule has 0 spiro atoms. The summed E-state index contributed by atoms with van der Waals surface area (Å²) < 4.78 is 0. The van der Waals surface area contributed by atoms with E-state index in [1.54, 1.807) is 4.90 Å². The van der Waals surface area contributed by atoms with Gasteiger partial charge in [-0.2, -0.15) is 0 Å². The number of hydrogen-bond acceptors (Lipinski definition) is 3. The van der Waals surface area contributed by atoms with Crippen molar-refractivity contribution in [3.8, 4) is 0 Å². The Balaban J connectivity index is 2.07. The van der Waals surface area contributed by atoms with Crippen LogP contribution in [-0.4, -0.2) is 48.9 Å². The summed E-state index contributed by atoms with van der Waals surface area (Å²) in [4.78, 5) is 24.4. The number of amides is 2. The van der Waals surface area contributed by atoms with Crippen molar-refractivity contribution in [3.63, 3.8) is 0 Å². The van der Waals surface area contributed by atoms with Crippen LogP contribution in [0, 0.1) is 0 Å². The molecule has 0 aliphatic carbocycles. The Hall–Kier alpha value is -1.10. The zero-order valence-electron chi connectivity index (χ0n) is 10.8. The van der Waals surface area contributed by atoms with Gasteiger partial charge in [-0.15, -0.1) is 0 Å². The molecule has 1 aliphatic rings. The smallest absolute Gasteiger partial charge is 0.239 e. The van der Waals surface area contributed by atoms with Gasteiger partial charge in [-0.1, -0.05) is 6.92 Å². The van der Waals surface area contributed by atoms with Crippen LogP contribution in [0.5, 0.6) is 0 Å². The molecule has 1 unspecified atom stereocenters. The molecular weight excluding hydrogens is 218 g/mol. The largest absolute Gasteiger partial charge is 0.353 e. The average Bonchev–Trinajstić information content (AvgIpc) is 2.70. The third kappa shape index (κ3) is 5.17. The number of hydrogen-bond donors (Lipinski definition) is 2. The lowest BCUT2D eigenvalue weighted by molar-refractivity contribution is -0.133. The first-order valence-corrected chi connectivity index (χ1v) is 6.41. The Morgan fingerprint density at radius 2 is 2.24 bits per heavy atom. The molecule has 5 heteroatoms. The van der Waals surface area contributed by atoms with E-state index in [0.29, 0.717) is 19.0 Å². The Kier molecular flexibility index (Phi) is 5.97. The molecule has 1 aliphatic heterocycles. The lowest BCUT2D eigenvalue weighted by atomic mass is 10.2. The number of carbonyl (C=O) groups excluding carboxylic acids is 2. The Labute approximate surface area is 103 Å². The number of carbonyl (C=O) groups is 2. The first-order chi connectivity index (χ1) is 8.13. The highest BCUT2D eigenvalue weighted by Gasteiger charge is 2.21. The van der Waals surface area contributed by atoms with E-state index < -0.39 is 0 Å². The number of likely N-dealkylation sites (tertiary alicyclic amines) is 1. The molecule has 1 fully saturated rings. The van der Waals surface area contributed by atoms with Gasteiger partial charge in [0.15, 0.2) is 0 Å². The zero-order chi connectivity index (χ0) is 12.7. The van der Waals surface area contributed by atoms with Crippen LogP contribution in [-0.2, 0) is 9.59 Å². The molecule has 1 saturated heterocycles. The third-order valence-electron chi connectivity index (χ3n) is 3.06. The highest BCUT2D eigenvalue weighted by molar-refractivity contribution is 5.85. The molecule has 0 aromatic carbocycles. The standard InChI is InChI=1S/C12H23N3O2/c1-3-10(2)13-6-7-14-11(16)9-15-8-4-5-12(15)17/h10,13H,3-9H2,1-2H3,(H,14,16). The molecule has 0 saturated carbocycles. The fourth-order valence-electron chi connectivity index (χ4n) is 1.77. The highest BCUT2D eigenvalue weighted by Crippen LogP contribution is 2.08. The predicted molar refractivity (Wildman–Crippen MR) is 66.6 cm³/mol. The molecular formula is C12H23N3O2. The van der Waals surface area contributed by atoms with Gasteiger partial charge in [0.25, 0.3) is 0 Å². The Morgan fingerprint density at radius 1 is 1.47 bits per heavy atom. The minimum atomic E-state index is -0.0637. The van der Waals surface area contributed by atoms with E-state index in [-0.39, 0.29) is 18.4 Å². The number of nitrogens with zero attached hydrogens (tertiary/aromatic N) is 1. The second-order valence-electron chi connectivity index (χ2n) is 4.53. The molecule has 0 bridgehead atoms. The van der Waals surface area contributed by atoms with E-state index in [9.17, 15) is 9.59 Å². The van der Waals surface area contributed by atoms with Crippen LogP contribution in [0.25, 0.3) is 0 Å². The SMILES string of the molecule is CCC(C)NCCNC(=O)CN1CCCC1=O. The Morgan fingerprint density at radius 3 is 2.82 bits per heavy atom. The molecule has 0 aromatic rings. The summed E-state index contributed by atoms with van der Waals surface area (Å²) in [6, 6.07) is 0.479. The van der Waals surface area contributed by atoms with Gasteiger partial charge in [-0.25, -0.2) is 0 Å². The van der Waals surface area contributed by atoms with E-state index in [4.69, 9.17) is 0 Å². The van der Waals surface area contributed by atoms with Crippen molar-refractivity contribution in [1.29, 1.82) is 0 Å². The summed E-state index contributed by atoms with van der Waals surface area (Å²) in [5, 5.41) is 6.11. The molecule has 2 amide bonds. The predicted octanol–water partition coefficient (Wildman–Crippen LogP) is 0.113. The van der Waals surface area contributed by atoms with Gasteiger partial charge < -0.3 is 15.5 Å². The van der Waals surface area contributed by atoms with E-state index in [1.807, 2.05) is 0 Å². The number of rotatable bonds is 7. The van der Waals surface area contributed by atoms with Crippen LogP contribution >= 0.6 is 0 Å². The van der Waals surface area contributed by atoms with E-state index in [1.165, 1.54) is 0 Å². The summed E-state index contributed by atoms with van der Waals surface area (Å²) >= 11 is 0. The molecule has 5 nitrogen and oxygen atoms in total. The monoisotopic (exact) mass is 241 g/mol. The third-order valence-corrected chi connectivity index (χ3v) is 3.06. The summed E-state index contributed by atoms with van der Waals surface area (Å²) in [5.41, 5.74) is 0. The molecule has 1 atom stereocenters. The average molecular weight is 241 g/mol. The van der Waals surface area contributed by atoms with Crippen molar-refractivity contribution >= 4 is 11.8 Å². The van der Waals surface area contributed by atoms with Crippen molar-refractivity contribution in [2.45, 2.75) is 39.2 Å². The van der Waals surface area contributed by atoms with Crippen molar-refractivity contribution in [1.82, 2.24) is 15.5 Å². The number of nitrogens with one attached hydrogen (secondary N) is 2. The molecule has 1 heterocycles. The van der Waals surface area contributed by atoms with E-state index >= 15 is 0 Å².